The molecular weight excluding hydrogens is 194 g/mol. The topological polar surface area (TPSA) is 71.2 Å². The number of nitrogens with zero attached hydrogens (tertiary/aromatic N) is 3. The van der Waals surface area contributed by atoms with Crippen LogP contribution in [0.2, 0.25) is 0 Å². The summed E-state index contributed by atoms with van der Waals surface area (Å²) in [6.45, 7) is 1.94. The molecule has 0 saturated heterocycles. The van der Waals surface area contributed by atoms with Gasteiger partial charge in [0.15, 0.2) is 6.29 Å². The van der Waals surface area contributed by atoms with E-state index in [-0.39, 0.29) is 5.69 Å². The molecule has 0 spiro atoms. The van der Waals surface area contributed by atoms with E-state index in [0.717, 1.165) is 11.3 Å². The lowest BCUT2D eigenvalue weighted by atomic mass is 10.2. The maximum absolute atomic E-state index is 8.89. The van der Waals surface area contributed by atoms with E-state index >= 15 is 0 Å². The summed E-state index contributed by atoms with van der Waals surface area (Å²) >= 11 is 0. The monoisotopic (exact) mass is 205 g/mol. The van der Waals surface area contributed by atoms with Crippen molar-refractivity contribution in [1.82, 2.24) is 15.0 Å². The molecule has 2 N–H and O–H groups in total. The van der Waals surface area contributed by atoms with Crippen LogP contribution in [0.15, 0.2) is 30.5 Å². The van der Waals surface area contributed by atoms with E-state index in [1.54, 1.807) is 0 Å². The second-order valence-electron chi connectivity index (χ2n) is 3.22. The van der Waals surface area contributed by atoms with Crippen LogP contribution in [0.4, 0.5) is 0 Å². The maximum Gasteiger partial charge on any atom is 0.199 e. The third-order valence-electron chi connectivity index (χ3n) is 2.11. The lowest BCUT2D eigenvalue weighted by molar-refractivity contribution is -0.0460. The third kappa shape index (κ3) is 1.88. The SMILES string of the molecule is Cc1ccccc1-n1ncc(C(O)O)n1. The van der Waals surface area contributed by atoms with Crippen LogP contribution in [0.5, 0.6) is 0 Å². The molecule has 1 aromatic heterocycles. The van der Waals surface area contributed by atoms with E-state index in [1.807, 2.05) is 31.2 Å². The Labute approximate surface area is 86.6 Å². The first-order chi connectivity index (χ1) is 7.18. The summed E-state index contributed by atoms with van der Waals surface area (Å²) in [5.41, 5.74) is 1.98. The highest BCUT2D eigenvalue weighted by Gasteiger charge is 2.09. The van der Waals surface area contributed by atoms with E-state index < -0.39 is 6.29 Å². The van der Waals surface area contributed by atoms with Crippen LogP contribution < -0.4 is 0 Å². The number of benzene rings is 1. The Morgan fingerprint density at radius 2 is 2.00 bits per heavy atom. The van der Waals surface area contributed by atoms with Crippen LogP contribution in [0.3, 0.4) is 0 Å². The summed E-state index contributed by atoms with van der Waals surface area (Å²) in [6, 6.07) is 7.60. The molecule has 0 saturated carbocycles. The minimum atomic E-state index is -1.58. The highest BCUT2D eigenvalue weighted by Crippen LogP contribution is 2.12. The molecule has 5 heteroatoms. The van der Waals surface area contributed by atoms with Gasteiger partial charge in [0, 0.05) is 0 Å². The van der Waals surface area contributed by atoms with E-state index in [4.69, 9.17) is 10.2 Å². The van der Waals surface area contributed by atoms with Crippen molar-refractivity contribution in [2.45, 2.75) is 13.2 Å². The Bertz CT molecular complexity index is 465. The smallest absolute Gasteiger partial charge is 0.199 e. The normalized spacial score (nSPS) is 10.9. The molecular formula is C10H11N3O2. The summed E-state index contributed by atoms with van der Waals surface area (Å²) in [5.74, 6) is 0. The van der Waals surface area contributed by atoms with Crippen molar-refractivity contribution in [2.24, 2.45) is 0 Å². The Kier molecular flexibility index (Phi) is 2.49. The van der Waals surface area contributed by atoms with Crippen LogP contribution in [-0.2, 0) is 0 Å². The highest BCUT2D eigenvalue weighted by molar-refractivity contribution is 5.37. The second-order valence-corrected chi connectivity index (χ2v) is 3.22. The van der Waals surface area contributed by atoms with Crippen molar-refractivity contribution in [3.05, 3.63) is 41.7 Å². The lowest BCUT2D eigenvalue weighted by Crippen LogP contribution is -2.02. The van der Waals surface area contributed by atoms with Gasteiger partial charge in [0.1, 0.15) is 5.69 Å². The minimum Gasteiger partial charge on any atom is -0.363 e. The van der Waals surface area contributed by atoms with Crippen molar-refractivity contribution in [2.75, 3.05) is 0 Å². The maximum atomic E-state index is 8.89. The van der Waals surface area contributed by atoms with Gasteiger partial charge in [-0.1, -0.05) is 18.2 Å². The Morgan fingerprint density at radius 1 is 1.27 bits per heavy atom. The standard InChI is InChI=1S/C10H11N3O2/c1-7-4-2-3-5-9(7)13-11-6-8(12-13)10(14)15/h2-6,10,14-15H,1H3. The van der Waals surface area contributed by atoms with Crippen LogP contribution >= 0.6 is 0 Å². The first-order valence-electron chi connectivity index (χ1n) is 4.53. The van der Waals surface area contributed by atoms with Gasteiger partial charge in [0.05, 0.1) is 11.9 Å². The summed E-state index contributed by atoms with van der Waals surface area (Å²) < 4.78 is 0. The predicted molar refractivity (Wildman–Crippen MR) is 53.3 cm³/mol. The summed E-state index contributed by atoms with van der Waals surface area (Å²) in [7, 11) is 0. The van der Waals surface area contributed by atoms with E-state index in [9.17, 15) is 0 Å². The van der Waals surface area contributed by atoms with Gasteiger partial charge in [-0.2, -0.15) is 9.90 Å². The molecule has 0 radical (unpaired) electrons. The molecule has 0 atom stereocenters. The van der Waals surface area contributed by atoms with Crippen molar-refractivity contribution < 1.29 is 10.2 Å². The molecule has 1 aromatic carbocycles. The molecule has 1 heterocycles. The fourth-order valence-corrected chi connectivity index (χ4v) is 1.30. The Morgan fingerprint density at radius 3 is 2.60 bits per heavy atom. The summed E-state index contributed by atoms with van der Waals surface area (Å²) in [6.07, 6.45) is -0.250. The van der Waals surface area contributed by atoms with Gasteiger partial charge >= 0.3 is 0 Å². The molecule has 0 aliphatic carbocycles. The van der Waals surface area contributed by atoms with Crippen molar-refractivity contribution in [3.8, 4) is 5.69 Å². The number of hydrogen-bond acceptors (Lipinski definition) is 4. The van der Waals surface area contributed by atoms with Gasteiger partial charge in [-0.25, -0.2) is 0 Å². The third-order valence-corrected chi connectivity index (χ3v) is 2.11. The molecule has 2 rings (SSSR count). The molecule has 0 unspecified atom stereocenters. The van der Waals surface area contributed by atoms with Gasteiger partial charge in [0.25, 0.3) is 0 Å². The van der Waals surface area contributed by atoms with E-state index in [1.165, 1.54) is 11.0 Å². The lowest BCUT2D eigenvalue weighted by Gasteiger charge is -2.02. The predicted octanol–water partition coefficient (Wildman–Crippen LogP) is 0.559. The van der Waals surface area contributed by atoms with Crippen molar-refractivity contribution in [1.29, 1.82) is 0 Å². The van der Waals surface area contributed by atoms with Gasteiger partial charge < -0.3 is 10.2 Å². The zero-order valence-corrected chi connectivity index (χ0v) is 8.20. The van der Waals surface area contributed by atoms with Crippen LogP contribution in [0.1, 0.15) is 17.5 Å². The Balaban J connectivity index is 2.42. The first kappa shape index (κ1) is 9.82. The zero-order chi connectivity index (χ0) is 10.8. The van der Waals surface area contributed by atoms with Gasteiger partial charge in [-0.3, -0.25) is 0 Å². The van der Waals surface area contributed by atoms with Gasteiger partial charge in [-0.05, 0) is 18.6 Å². The number of aryl methyl sites for hydroxylation is 1. The summed E-state index contributed by atoms with van der Waals surface area (Å²) in [4.78, 5) is 1.38. The quantitative estimate of drug-likeness (QED) is 0.703. The Hall–Kier alpha value is -1.72. The molecule has 0 amide bonds. The molecule has 5 nitrogen and oxygen atoms in total. The zero-order valence-electron chi connectivity index (χ0n) is 8.20. The largest absolute Gasteiger partial charge is 0.363 e. The summed E-state index contributed by atoms with van der Waals surface area (Å²) in [5, 5.41) is 25.7. The first-order valence-corrected chi connectivity index (χ1v) is 4.53. The van der Waals surface area contributed by atoms with Crippen LogP contribution in [-0.4, -0.2) is 25.2 Å². The van der Waals surface area contributed by atoms with Gasteiger partial charge in [0.2, 0.25) is 0 Å². The van der Waals surface area contributed by atoms with Crippen molar-refractivity contribution in [3.63, 3.8) is 0 Å². The molecule has 0 aliphatic rings. The van der Waals surface area contributed by atoms with E-state index in [2.05, 4.69) is 10.2 Å². The van der Waals surface area contributed by atoms with E-state index in [0.29, 0.717) is 0 Å². The second kappa shape index (κ2) is 3.80. The average Bonchev–Trinajstić information content (AvgIpc) is 2.67. The number of aliphatic hydroxyl groups is 2. The van der Waals surface area contributed by atoms with Crippen molar-refractivity contribution >= 4 is 0 Å². The number of aromatic nitrogens is 3. The molecule has 0 fully saturated rings. The number of para-hydroxylation sites is 1. The van der Waals surface area contributed by atoms with Gasteiger partial charge in [-0.15, -0.1) is 5.10 Å². The van der Waals surface area contributed by atoms with Crippen LogP contribution in [0, 0.1) is 6.92 Å². The number of hydrogen-bond donors (Lipinski definition) is 2. The minimum absolute atomic E-state index is 0.137. The highest BCUT2D eigenvalue weighted by atomic mass is 16.5. The van der Waals surface area contributed by atoms with Crippen LogP contribution in [0.25, 0.3) is 5.69 Å². The molecule has 0 aliphatic heterocycles. The fourth-order valence-electron chi connectivity index (χ4n) is 1.30. The molecule has 15 heavy (non-hydrogen) atoms. The molecule has 78 valence electrons. The average molecular weight is 205 g/mol. The number of rotatable bonds is 2. The fraction of sp³-hybridized carbons (Fsp3) is 0.200. The number of aliphatic hydroxyl groups excluding tert-OH is 1. The molecule has 0 bridgehead atoms. The molecule has 2 aromatic rings.